The molecule has 1 amide bonds. The van der Waals surface area contributed by atoms with Crippen molar-refractivity contribution in [3.05, 3.63) is 29.5 Å². The summed E-state index contributed by atoms with van der Waals surface area (Å²) in [5, 5.41) is 6.01. The molecule has 2 atom stereocenters. The van der Waals surface area contributed by atoms with Gasteiger partial charge in [0.15, 0.2) is 10.8 Å². The maximum absolute atomic E-state index is 12.4. The number of nitrogens with one attached hydrogen (secondary N) is 1. The number of nitrogens with zero attached hydrogens (tertiary/aromatic N) is 2. The number of amides is 1. The minimum atomic E-state index is 0.0821. The lowest BCUT2D eigenvalue weighted by Crippen LogP contribution is -2.47. The Morgan fingerprint density at radius 2 is 2.35 bits per heavy atom. The van der Waals surface area contributed by atoms with Crippen LogP contribution in [-0.4, -0.2) is 41.0 Å². The Hall–Kier alpha value is -1.66. The van der Waals surface area contributed by atoms with E-state index in [-0.39, 0.29) is 5.91 Å². The zero-order chi connectivity index (χ0) is 15.6. The lowest BCUT2D eigenvalue weighted by Gasteiger charge is -2.32. The van der Waals surface area contributed by atoms with Crippen LogP contribution < -0.4 is 5.32 Å². The summed E-state index contributed by atoms with van der Waals surface area (Å²) in [4.78, 5) is 19.4. The summed E-state index contributed by atoms with van der Waals surface area (Å²) in [5.74, 6) is 0.842. The first-order chi connectivity index (χ1) is 11.3. The van der Waals surface area contributed by atoms with Crippen molar-refractivity contribution in [3.8, 4) is 10.8 Å². The SMILES string of the molecule is O=C(Cc1csc(-c2ccco2)n1)N[C@@H]1CCN2CCCC[C@@H]12. The normalized spacial score (nSPS) is 24.5. The van der Waals surface area contributed by atoms with Crippen LogP contribution in [0.2, 0.25) is 0 Å². The van der Waals surface area contributed by atoms with Gasteiger partial charge in [-0.2, -0.15) is 0 Å². The van der Waals surface area contributed by atoms with Crippen LogP contribution in [0, 0.1) is 0 Å². The first kappa shape index (κ1) is 14.9. The third-order valence-electron chi connectivity index (χ3n) is 4.83. The highest BCUT2D eigenvalue weighted by atomic mass is 32.1. The molecule has 6 heteroatoms. The molecule has 2 aliphatic heterocycles. The van der Waals surface area contributed by atoms with Crippen LogP contribution in [0.15, 0.2) is 28.2 Å². The van der Waals surface area contributed by atoms with Gasteiger partial charge in [0.1, 0.15) is 0 Å². The van der Waals surface area contributed by atoms with Gasteiger partial charge in [0.25, 0.3) is 0 Å². The quantitative estimate of drug-likeness (QED) is 0.936. The number of carbonyl (C=O) groups excluding carboxylic acids is 1. The lowest BCUT2D eigenvalue weighted by atomic mass is 9.99. The van der Waals surface area contributed by atoms with Gasteiger partial charge in [-0.25, -0.2) is 4.98 Å². The zero-order valence-corrected chi connectivity index (χ0v) is 13.8. The Morgan fingerprint density at radius 1 is 1.39 bits per heavy atom. The maximum Gasteiger partial charge on any atom is 0.226 e. The molecule has 4 heterocycles. The van der Waals surface area contributed by atoms with Crippen molar-refractivity contribution < 1.29 is 9.21 Å². The Bertz CT molecular complexity index is 667. The molecule has 0 unspecified atom stereocenters. The van der Waals surface area contributed by atoms with Crippen molar-refractivity contribution in [2.24, 2.45) is 0 Å². The third-order valence-corrected chi connectivity index (χ3v) is 5.73. The lowest BCUT2D eigenvalue weighted by molar-refractivity contribution is -0.121. The number of rotatable bonds is 4. The fourth-order valence-corrected chi connectivity index (χ4v) is 4.53. The summed E-state index contributed by atoms with van der Waals surface area (Å²) in [6, 6.07) is 4.59. The van der Waals surface area contributed by atoms with E-state index in [4.69, 9.17) is 4.42 Å². The summed E-state index contributed by atoms with van der Waals surface area (Å²) in [5.41, 5.74) is 0.817. The van der Waals surface area contributed by atoms with E-state index in [9.17, 15) is 4.79 Å². The average molecular weight is 331 g/mol. The van der Waals surface area contributed by atoms with E-state index in [2.05, 4.69) is 15.2 Å². The molecule has 4 rings (SSSR count). The highest BCUT2D eigenvalue weighted by Gasteiger charge is 2.36. The van der Waals surface area contributed by atoms with Crippen LogP contribution in [0.5, 0.6) is 0 Å². The summed E-state index contributed by atoms with van der Waals surface area (Å²) >= 11 is 1.52. The van der Waals surface area contributed by atoms with Crippen LogP contribution >= 0.6 is 11.3 Å². The second-order valence-electron chi connectivity index (χ2n) is 6.36. The number of fused-ring (bicyclic) bond motifs is 1. The Balaban J connectivity index is 1.35. The second-order valence-corrected chi connectivity index (χ2v) is 7.22. The van der Waals surface area contributed by atoms with Gasteiger partial charge in [-0.05, 0) is 37.9 Å². The van der Waals surface area contributed by atoms with Gasteiger partial charge in [0.05, 0.1) is 18.4 Å². The van der Waals surface area contributed by atoms with E-state index in [0.29, 0.717) is 18.5 Å². The predicted molar refractivity (Wildman–Crippen MR) is 89.3 cm³/mol. The topological polar surface area (TPSA) is 58.4 Å². The number of hydrogen-bond donors (Lipinski definition) is 1. The van der Waals surface area contributed by atoms with Crippen LogP contribution in [0.25, 0.3) is 10.8 Å². The fourth-order valence-electron chi connectivity index (χ4n) is 3.74. The smallest absolute Gasteiger partial charge is 0.226 e. The second kappa shape index (κ2) is 6.45. The first-order valence-corrected chi connectivity index (χ1v) is 9.19. The molecule has 2 saturated heterocycles. The molecule has 5 nitrogen and oxygen atoms in total. The van der Waals surface area contributed by atoms with Gasteiger partial charge in [-0.3, -0.25) is 9.69 Å². The molecule has 2 aromatic rings. The number of carbonyl (C=O) groups is 1. The minimum Gasteiger partial charge on any atom is -0.462 e. The highest BCUT2D eigenvalue weighted by molar-refractivity contribution is 7.13. The molecular formula is C17H21N3O2S. The van der Waals surface area contributed by atoms with E-state index in [1.807, 2.05) is 17.5 Å². The van der Waals surface area contributed by atoms with Crippen LogP contribution in [0.3, 0.4) is 0 Å². The summed E-state index contributed by atoms with van der Waals surface area (Å²) in [6.07, 6.45) is 6.85. The van der Waals surface area contributed by atoms with Gasteiger partial charge >= 0.3 is 0 Å². The molecule has 0 radical (unpaired) electrons. The predicted octanol–water partition coefficient (Wildman–Crippen LogP) is 2.69. The zero-order valence-electron chi connectivity index (χ0n) is 13.0. The van der Waals surface area contributed by atoms with Gasteiger partial charge in [0.2, 0.25) is 5.91 Å². The number of aromatic nitrogens is 1. The Morgan fingerprint density at radius 3 is 3.22 bits per heavy atom. The molecule has 2 aromatic heterocycles. The monoisotopic (exact) mass is 331 g/mol. The van der Waals surface area contributed by atoms with Gasteiger partial charge in [0, 0.05) is 24.0 Å². The Labute approximate surface area is 139 Å². The van der Waals surface area contributed by atoms with E-state index in [1.54, 1.807) is 6.26 Å². The molecule has 0 aliphatic carbocycles. The molecule has 0 aromatic carbocycles. The molecule has 2 fully saturated rings. The van der Waals surface area contributed by atoms with E-state index in [0.717, 1.165) is 29.4 Å². The first-order valence-electron chi connectivity index (χ1n) is 8.31. The van der Waals surface area contributed by atoms with Crippen LogP contribution in [0.1, 0.15) is 31.4 Å². The van der Waals surface area contributed by atoms with Gasteiger partial charge in [-0.15, -0.1) is 11.3 Å². The fraction of sp³-hybridized carbons (Fsp3) is 0.529. The molecular weight excluding hydrogens is 310 g/mol. The van der Waals surface area contributed by atoms with Crippen molar-refractivity contribution in [2.75, 3.05) is 13.1 Å². The Kier molecular flexibility index (Phi) is 4.18. The molecule has 0 spiro atoms. The van der Waals surface area contributed by atoms with Gasteiger partial charge < -0.3 is 9.73 Å². The summed E-state index contributed by atoms with van der Waals surface area (Å²) in [7, 11) is 0. The van der Waals surface area contributed by atoms with Gasteiger partial charge in [-0.1, -0.05) is 6.42 Å². The molecule has 1 N–H and O–H groups in total. The number of thiazole rings is 1. The van der Waals surface area contributed by atoms with Crippen molar-refractivity contribution >= 4 is 17.2 Å². The molecule has 122 valence electrons. The van der Waals surface area contributed by atoms with Crippen molar-refractivity contribution in [2.45, 2.75) is 44.2 Å². The largest absolute Gasteiger partial charge is 0.462 e. The van der Waals surface area contributed by atoms with Crippen LogP contribution in [-0.2, 0) is 11.2 Å². The molecule has 2 aliphatic rings. The third kappa shape index (κ3) is 3.19. The molecule has 0 bridgehead atoms. The summed E-state index contributed by atoms with van der Waals surface area (Å²) < 4.78 is 5.35. The minimum absolute atomic E-state index is 0.0821. The van der Waals surface area contributed by atoms with E-state index in [1.165, 1.54) is 37.1 Å². The average Bonchev–Trinajstić information content (AvgIpc) is 3.27. The number of piperidine rings is 1. The van der Waals surface area contributed by atoms with Crippen LogP contribution in [0.4, 0.5) is 0 Å². The summed E-state index contributed by atoms with van der Waals surface area (Å²) in [6.45, 7) is 2.31. The number of furan rings is 1. The van der Waals surface area contributed by atoms with Crippen molar-refractivity contribution in [3.63, 3.8) is 0 Å². The standard InChI is InChI=1S/C17H21N3O2S/c21-16(19-13-6-8-20-7-2-1-4-14(13)20)10-12-11-23-17(18-12)15-5-3-9-22-15/h3,5,9,11,13-14H,1-2,4,6-8,10H2,(H,19,21)/t13-,14+/m1/s1. The van der Waals surface area contributed by atoms with E-state index < -0.39 is 0 Å². The van der Waals surface area contributed by atoms with E-state index >= 15 is 0 Å². The van der Waals surface area contributed by atoms with Crippen molar-refractivity contribution in [1.29, 1.82) is 0 Å². The highest BCUT2D eigenvalue weighted by Crippen LogP contribution is 2.27. The maximum atomic E-state index is 12.4. The van der Waals surface area contributed by atoms with Crippen molar-refractivity contribution in [1.82, 2.24) is 15.2 Å². The molecule has 0 saturated carbocycles. The molecule has 23 heavy (non-hydrogen) atoms. The number of hydrogen-bond acceptors (Lipinski definition) is 5.